The molecule has 3 aromatic rings. The average molecular weight is 610 g/mol. The minimum atomic E-state index is -3.85. The Hall–Kier alpha value is -3.28. The Morgan fingerprint density at radius 2 is 1.63 bits per heavy atom. The van der Waals surface area contributed by atoms with Gasteiger partial charge in [0.1, 0.15) is 18.0 Å². The molecule has 43 heavy (non-hydrogen) atoms. The monoisotopic (exact) mass is 609 g/mol. The second-order valence-corrected chi connectivity index (χ2v) is 14.2. The van der Waals surface area contributed by atoms with Gasteiger partial charge in [-0.1, -0.05) is 18.2 Å². The van der Waals surface area contributed by atoms with Gasteiger partial charge in [-0.05, 0) is 86.9 Å². The number of benzene rings is 2. The predicted molar refractivity (Wildman–Crippen MR) is 158 cm³/mol. The molecule has 1 aromatic heterocycles. The largest absolute Gasteiger partial charge is 0.337 e. The van der Waals surface area contributed by atoms with Crippen LogP contribution in [0.15, 0.2) is 59.8 Å². The number of hydrogen-bond acceptors (Lipinski definition) is 6. The molecule has 0 radical (unpaired) electrons. The molecular weight excluding hydrogens is 572 g/mol. The molecule has 3 unspecified atom stereocenters. The van der Waals surface area contributed by atoms with Gasteiger partial charge in [0.15, 0.2) is 0 Å². The number of fused-ring (bicyclic) bond motifs is 1. The normalized spacial score (nSPS) is 24.3. The molecule has 0 bridgehead atoms. The first-order valence-electron chi connectivity index (χ1n) is 14.8. The van der Waals surface area contributed by atoms with E-state index in [2.05, 4.69) is 14.9 Å². The van der Waals surface area contributed by atoms with Gasteiger partial charge in [-0.25, -0.2) is 27.2 Å². The minimum Gasteiger partial charge on any atom is -0.337 e. The number of sulfonamides is 1. The first-order chi connectivity index (χ1) is 20.6. The van der Waals surface area contributed by atoms with Crippen LogP contribution in [0.4, 0.5) is 8.78 Å². The highest BCUT2D eigenvalue weighted by molar-refractivity contribution is 7.89. The molecule has 8 nitrogen and oxygen atoms in total. The van der Waals surface area contributed by atoms with Gasteiger partial charge >= 0.3 is 0 Å². The molecule has 228 valence electrons. The van der Waals surface area contributed by atoms with Crippen molar-refractivity contribution in [3.05, 3.63) is 89.0 Å². The van der Waals surface area contributed by atoms with Crippen molar-refractivity contribution in [1.82, 2.24) is 24.1 Å². The number of amides is 1. The minimum absolute atomic E-state index is 0.0532. The van der Waals surface area contributed by atoms with Gasteiger partial charge in [0.2, 0.25) is 16.4 Å². The van der Waals surface area contributed by atoms with Gasteiger partial charge in [-0.3, -0.25) is 4.79 Å². The number of rotatable bonds is 8. The fourth-order valence-electron chi connectivity index (χ4n) is 7.68. The van der Waals surface area contributed by atoms with Crippen LogP contribution in [-0.4, -0.2) is 78.2 Å². The summed E-state index contributed by atoms with van der Waals surface area (Å²) in [4.78, 5) is 25.2. The van der Waals surface area contributed by atoms with E-state index < -0.39 is 21.3 Å². The molecule has 0 saturated carbocycles. The van der Waals surface area contributed by atoms with E-state index in [0.29, 0.717) is 25.3 Å². The van der Waals surface area contributed by atoms with Crippen molar-refractivity contribution in [2.45, 2.75) is 49.5 Å². The molecule has 6 rings (SSSR count). The second kappa shape index (κ2) is 11.7. The van der Waals surface area contributed by atoms with Gasteiger partial charge in [0, 0.05) is 55.6 Å². The van der Waals surface area contributed by atoms with Crippen molar-refractivity contribution < 1.29 is 22.0 Å². The quantitative estimate of drug-likeness (QED) is 0.355. The summed E-state index contributed by atoms with van der Waals surface area (Å²) in [7, 11) is -3.85. The zero-order chi connectivity index (χ0) is 30.4. The van der Waals surface area contributed by atoms with Crippen LogP contribution >= 0.6 is 0 Å². The maximum Gasteiger partial charge on any atom is 0.243 e. The zero-order valence-electron chi connectivity index (χ0n) is 24.5. The highest BCUT2D eigenvalue weighted by Gasteiger charge is 2.49. The zero-order valence-corrected chi connectivity index (χ0v) is 25.3. The number of aryl methyl sites for hydroxylation is 2. The van der Waals surface area contributed by atoms with Crippen LogP contribution in [0.5, 0.6) is 0 Å². The predicted octanol–water partition coefficient (Wildman–Crippen LogP) is 4.25. The van der Waals surface area contributed by atoms with E-state index in [0.717, 1.165) is 61.0 Å². The van der Waals surface area contributed by atoms with Crippen LogP contribution in [-0.2, 0) is 20.2 Å². The summed E-state index contributed by atoms with van der Waals surface area (Å²) >= 11 is 0. The summed E-state index contributed by atoms with van der Waals surface area (Å²) in [6.45, 7) is 7.62. The lowest BCUT2D eigenvalue weighted by Crippen LogP contribution is -2.46. The van der Waals surface area contributed by atoms with Crippen LogP contribution in [0.25, 0.3) is 0 Å². The molecular formula is C32H37F2N5O3S. The standard InChI is InChI=1S/C32H37F2N5O3S/c1-22-30(23(2)36-20-35-22)31-29-19-37(17-24(29)18-38(31)21-40)12-9-32(25-5-3-6-26(33)15-25)10-13-39(14-11-32)43(41,42)28-8-4-7-27(34)16-28/h3-8,15-16,20-21,24,29,31H,9-14,17-19H2,1-2H3. The van der Waals surface area contributed by atoms with E-state index in [-0.39, 0.29) is 35.8 Å². The lowest BCUT2D eigenvalue weighted by Gasteiger charge is -2.43. The maximum absolute atomic E-state index is 14.5. The van der Waals surface area contributed by atoms with Crippen molar-refractivity contribution in [3.63, 3.8) is 0 Å². The number of aromatic nitrogens is 2. The number of piperidine rings is 1. The Bertz CT molecular complexity index is 1590. The highest BCUT2D eigenvalue weighted by atomic mass is 32.2. The van der Waals surface area contributed by atoms with Crippen LogP contribution < -0.4 is 0 Å². The summed E-state index contributed by atoms with van der Waals surface area (Å²) in [5.41, 5.74) is 3.31. The molecule has 2 aromatic carbocycles. The molecule has 3 atom stereocenters. The van der Waals surface area contributed by atoms with Crippen LogP contribution in [0.3, 0.4) is 0 Å². The molecule has 1 amide bonds. The van der Waals surface area contributed by atoms with Gasteiger partial charge in [0.25, 0.3) is 0 Å². The summed E-state index contributed by atoms with van der Waals surface area (Å²) < 4.78 is 56.4. The Labute approximate surface area is 251 Å². The van der Waals surface area contributed by atoms with Crippen LogP contribution in [0.1, 0.15) is 47.8 Å². The van der Waals surface area contributed by atoms with E-state index in [1.165, 1.54) is 28.6 Å². The highest BCUT2D eigenvalue weighted by Crippen LogP contribution is 2.46. The molecule has 4 heterocycles. The lowest BCUT2D eigenvalue weighted by molar-refractivity contribution is -0.119. The van der Waals surface area contributed by atoms with Gasteiger partial charge in [-0.2, -0.15) is 4.31 Å². The number of nitrogens with zero attached hydrogens (tertiary/aromatic N) is 5. The van der Waals surface area contributed by atoms with E-state index in [1.807, 2.05) is 24.8 Å². The number of hydrogen-bond donors (Lipinski definition) is 0. The van der Waals surface area contributed by atoms with Crippen LogP contribution in [0.2, 0.25) is 0 Å². The summed E-state index contributed by atoms with van der Waals surface area (Å²) in [5.74, 6) is -0.309. The summed E-state index contributed by atoms with van der Waals surface area (Å²) in [6.07, 6.45) is 4.33. The first-order valence-corrected chi connectivity index (χ1v) is 16.3. The van der Waals surface area contributed by atoms with Gasteiger partial charge in [-0.15, -0.1) is 0 Å². The summed E-state index contributed by atoms with van der Waals surface area (Å²) in [6, 6.07) is 11.7. The first kappa shape index (κ1) is 29.8. The van der Waals surface area contributed by atoms with E-state index in [1.54, 1.807) is 18.5 Å². The average Bonchev–Trinajstić information content (AvgIpc) is 3.54. The number of carbonyl (C=O) groups excluding carboxylic acids is 1. The molecule has 3 aliphatic rings. The number of halogens is 2. The Balaban J connectivity index is 1.20. The smallest absolute Gasteiger partial charge is 0.243 e. The van der Waals surface area contributed by atoms with E-state index >= 15 is 0 Å². The third-order valence-electron chi connectivity index (χ3n) is 9.95. The molecule has 0 spiro atoms. The Morgan fingerprint density at radius 3 is 2.28 bits per heavy atom. The molecule has 3 fully saturated rings. The Kier molecular flexibility index (Phi) is 8.08. The number of carbonyl (C=O) groups is 1. The van der Waals surface area contributed by atoms with Crippen molar-refractivity contribution in [3.8, 4) is 0 Å². The van der Waals surface area contributed by atoms with Crippen molar-refractivity contribution in [1.29, 1.82) is 0 Å². The third-order valence-corrected chi connectivity index (χ3v) is 11.8. The van der Waals surface area contributed by atoms with Gasteiger partial charge in [0.05, 0.1) is 10.9 Å². The van der Waals surface area contributed by atoms with Gasteiger partial charge < -0.3 is 9.80 Å². The maximum atomic E-state index is 14.5. The van der Waals surface area contributed by atoms with Crippen molar-refractivity contribution in [2.75, 3.05) is 39.3 Å². The van der Waals surface area contributed by atoms with Crippen molar-refractivity contribution >= 4 is 16.4 Å². The Morgan fingerprint density at radius 1 is 0.953 bits per heavy atom. The third kappa shape index (κ3) is 5.58. The molecule has 0 aliphatic carbocycles. The molecule has 3 aliphatic heterocycles. The fraction of sp³-hybridized carbons (Fsp3) is 0.469. The second-order valence-electron chi connectivity index (χ2n) is 12.3. The molecule has 3 saturated heterocycles. The fourth-order valence-corrected chi connectivity index (χ4v) is 9.15. The summed E-state index contributed by atoms with van der Waals surface area (Å²) in [5, 5.41) is 0. The molecule has 0 N–H and O–H groups in total. The SMILES string of the molecule is Cc1ncnc(C)c1C1C2CN(CCC3(c4cccc(F)c4)CCN(S(=O)(=O)c4cccc(F)c4)CC3)CC2CN1C=O. The van der Waals surface area contributed by atoms with Crippen LogP contribution in [0, 0.1) is 37.3 Å². The lowest BCUT2D eigenvalue weighted by atomic mass is 9.70. The van der Waals surface area contributed by atoms with E-state index in [4.69, 9.17) is 0 Å². The molecule has 11 heteroatoms. The van der Waals surface area contributed by atoms with Crippen molar-refractivity contribution in [2.24, 2.45) is 11.8 Å². The topological polar surface area (TPSA) is 86.7 Å². The number of likely N-dealkylation sites (tertiary alicyclic amines) is 2. The van der Waals surface area contributed by atoms with E-state index in [9.17, 15) is 22.0 Å².